The Morgan fingerprint density at radius 2 is 1.94 bits per heavy atom. The predicted octanol–water partition coefficient (Wildman–Crippen LogP) is 3.38. The van der Waals surface area contributed by atoms with Crippen LogP contribution in [0.3, 0.4) is 0 Å². The van der Waals surface area contributed by atoms with E-state index in [2.05, 4.69) is 60.6 Å². The molecule has 18 heavy (non-hydrogen) atoms. The van der Waals surface area contributed by atoms with Crippen LogP contribution in [0.15, 0.2) is 42.5 Å². The van der Waals surface area contributed by atoms with Crippen LogP contribution in [0, 0.1) is 12.3 Å². The van der Waals surface area contributed by atoms with E-state index in [-0.39, 0.29) is 0 Å². The Bertz CT molecular complexity index is 551. The normalized spacial score (nSPS) is 12.2. The van der Waals surface area contributed by atoms with Crippen molar-refractivity contribution in [1.29, 1.82) is 0 Å². The summed E-state index contributed by atoms with van der Waals surface area (Å²) >= 11 is 0. The van der Waals surface area contributed by atoms with E-state index in [0.29, 0.717) is 6.04 Å². The second-order valence-corrected chi connectivity index (χ2v) is 4.55. The van der Waals surface area contributed by atoms with Crippen molar-refractivity contribution in [2.45, 2.75) is 25.8 Å². The number of fused-ring (bicyclic) bond motifs is 1. The lowest BCUT2D eigenvalue weighted by atomic mass is 10.00. The molecule has 92 valence electrons. The van der Waals surface area contributed by atoms with Gasteiger partial charge in [0.15, 0.2) is 0 Å². The van der Waals surface area contributed by atoms with Gasteiger partial charge >= 0.3 is 0 Å². The standard InChI is InChI=1S/C17H19N/c1-3-7-17(18-4-2)13-14-10-11-15-8-5-6-9-16(15)12-14/h1,5-6,8-12,17-18H,4,7,13H2,2H3. The van der Waals surface area contributed by atoms with Crippen LogP contribution >= 0.6 is 0 Å². The van der Waals surface area contributed by atoms with Crippen LogP contribution in [0.2, 0.25) is 0 Å². The van der Waals surface area contributed by atoms with E-state index in [1.54, 1.807) is 0 Å². The largest absolute Gasteiger partial charge is 0.313 e. The molecule has 1 heteroatoms. The van der Waals surface area contributed by atoms with E-state index in [1.807, 2.05) is 0 Å². The number of nitrogens with one attached hydrogen (secondary N) is 1. The van der Waals surface area contributed by atoms with Gasteiger partial charge in [0.2, 0.25) is 0 Å². The highest BCUT2D eigenvalue weighted by Crippen LogP contribution is 2.17. The number of hydrogen-bond donors (Lipinski definition) is 1. The van der Waals surface area contributed by atoms with Crippen LogP contribution in [-0.2, 0) is 6.42 Å². The van der Waals surface area contributed by atoms with E-state index in [0.717, 1.165) is 19.4 Å². The third-order valence-corrected chi connectivity index (χ3v) is 3.15. The monoisotopic (exact) mass is 237 g/mol. The van der Waals surface area contributed by atoms with Gasteiger partial charge in [-0.1, -0.05) is 49.4 Å². The van der Waals surface area contributed by atoms with Gasteiger partial charge in [-0.15, -0.1) is 12.3 Å². The predicted molar refractivity (Wildman–Crippen MR) is 78.6 cm³/mol. The van der Waals surface area contributed by atoms with Gasteiger partial charge in [-0.25, -0.2) is 0 Å². The summed E-state index contributed by atoms with van der Waals surface area (Å²) in [6.07, 6.45) is 7.18. The van der Waals surface area contributed by atoms with Gasteiger partial charge in [0, 0.05) is 12.5 Å². The smallest absolute Gasteiger partial charge is 0.0243 e. The fourth-order valence-corrected chi connectivity index (χ4v) is 2.30. The molecular formula is C17H19N. The zero-order valence-electron chi connectivity index (χ0n) is 10.8. The number of benzene rings is 2. The fraction of sp³-hybridized carbons (Fsp3) is 0.294. The van der Waals surface area contributed by atoms with Crippen LogP contribution in [0.4, 0.5) is 0 Å². The first-order valence-electron chi connectivity index (χ1n) is 6.48. The molecule has 0 aromatic heterocycles. The fourth-order valence-electron chi connectivity index (χ4n) is 2.30. The topological polar surface area (TPSA) is 12.0 Å². The maximum Gasteiger partial charge on any atom is 0.0243 e. The molecule has 0 saturated carbocycles. The molecule has 0 heterocycles. The molecule has 0 spiro atoms. The van der Waals surface area contributed by atoms with Gasteiger partial charge in [0.25, 0.3) is 0 Å². The van der Waals surface area contributed by atoms with Crippen molar-refractivity contribution in [3.05, 3.63) is 48.0 Å². The summed E-state index contributed by atoms with van der Waals surface area (Å²) in [7, 11) is 0. The molecule has 0 aliphatic carbocycles. The zero-order chi connectivity index (χ0) is 12.8. The van der Waals surface area contributed by atoms with Crippen LogP contribution in [0.1, 0.15) is 18.9 Å². The Balaban J connectivity index is 2.17. The molecule has 1 unspecified atom stereocenters. The van der Waals surface area contributed by atoms with E-state index in [1.165, 1.54) is 16.3 Å². The van der Waals surface area contributed by atoms with Crippen LogP contribution < -0.4 is 5.32 Å². The van der Waals surface area contributed by atoms with Crippen molar-refractivity contribution in [3.8, 4) is 12.3 Å². The van der Waals surface area contributed by atoms with Crippen molar-refractivity contribution in [1.82, 2.24) is 5.32 Å². The van der Waals surface area contributed by atoms with E-state index in [9.17, 15) is 0 Å². The second-order valence-electron chi connectivity index (χ2n) is 4.55. The summed E-state index contributed by atoms with van der Waals surface area (Å²) in [5.41, 5.74) is 1.34. The van der Waals surface area contributed by atoms with Gasteiger partial charge in [-0.05, 0) is 29.3 Å². The Hall–Kier alpha value is -1.78. The maximum atomic E-state index is 5.41. The zero-order valence-corrected chi connectivity index (χ0v) is 10.8. The van der Waals surface area contributed by atoms with Gasteiger partial charge in [-0.2, -0.15) is 0 Å². The van der Waals surface area contributed by atoms with Gasteiger partial charge < -0.3 is 5.32 Å². The third kappa shape index (κ3) is 3.12. The minimum absolute atomic E-state index is 0.376. The van der Waals surface area contributed by atoms with Crippen molar-refractivity contribution < 1.29 is 0 Å². The molecule has 0 bridgehead atoms. The highest BCUT2D eigenvalue weighted by molar-refractivity contribution is 5.82. The quantitative estimate of drug-likeness (QED) is 0.786. The van der Waals surface area contributed by atoms with Crippen LogP contribution in [-0.4, -0.2) is 12.6 Å². The summed E-state index contributed by atoms with van der Waals surface area (Å²) in [4.78, 5) is 0. The summed E-state index contributed by atoms with van der Waals surface area (Å²) in [6, 6.07) is 15.5. The van der Waals surface area contributed by atoms with Crippen molar-refractivity contribution in [2.24, 2.45) is 0 Å². The molecule has 2 aromatic rings. The first-order valence-corrected chi connectivity index (χ1v) is 6.48. The number of hydrogen-bond acceptors (Lipinski definition) is 1. The van der Waals surface area contributed by atoms with Crippen LogP contribution in [0.5, 0.6) is 0 Å². The van der Waals surface area contributed by atoms with E-state index < -0.39 is 0 Å². The highest BCUT2D eigenvalue weighted by Gasteiger charge is 2.07. The molecule has 2 aromatic carbocycles. The van der Waals surface area contributed by atoms with Crippen molar-refractivity contribution in [3.63, 3.8) is 0 Å². The average molecular weight is 237 g/mol. The summed E-state index contributed by atoms with van der Waals surface area (Å²) < 4.78 is 0. The molecule has 0 radical (unpaired) electrons. The molecule has 1 N–H and O–H groups in total. The highest BCUT2D eigenvalue weighted by atomic mass is 14.9. The summed E-state index contributed by atoms with van der Waals surface area (Å²) in [5.74, 6) is 2.75. The Kier molecular flexibility index (Phi) is 4.39. The van der Waals surface area contributed by atoms with Gasteiger partial charge in [0.1, 0.15) is 0 Å². The van der Waals surface area contributed by atoms with Gasteiger partial charge in [-0.3, -0.25) is 0 Å². The van der Waals surface area contributed by atoms with Crippen molar-refractivity contribution >= 4 is 10.8 Å². The Morgan fingerprint density at radius 3 is 2.67 bits per heavy atom. The van der Waals surface area contributed by atoms with Crippen molar-refractivity contribution in [2.75, 3.05) is 6.54 Å². The lowest BCUT2D eigenvalue weighted by molar-refractivity contribution is 0.535. The summed E-state index contributed by atoms with van der Waals surface area (Å²) in [6.45, 7) is 3.07. The summed E-state index contributed by atoms with van der Waals surface area (Å²) in [5, 5.41) is 6.02. The lowest BCUT2D eigenvalue weighted by Crippen LogP contribution is -2.30. The number of terminal acetylenes is 1. The molecular weight excluding hydrogens is 218 g/mol. The molecule has 2 rings (SSSR count). The molecule has 0 fully saturated rings. The number of rotatable bonds is 5. The molecule has 1 nitrogen and oxygen atoms in total. The molecule has 1 atom stereocenters. The second kappa shape index (κ2) is 6.23. The number of likely N-dealkylation sites (N-methyl/N-ethyl adjacent to an activating group) is 1. The minimum atomic E-state index is 0.376. The van der Waals surface area contributed by atoms with Gasteiger partial charge in [0.05, 0.1) is 0 Å². The van der Waals surface area contributed by atoms with Crippen LogP contribution in [0.25, 0.3) is 10.8 Å². The lowest BCUT2D eigenvalue weighted by Gasteiger charge is -2.15. The average Bonchev–Trinajstić information content (AvgIpc) is 2.39. The maximum absolute atomic E-state index is 5.41. The Morgan fingerprint density at radius 1 is 1.17 bits per heavy atom. The third-order valence-electron chi connectivity index (χ3n) is 3.15. The molecule has 0 saturated heterocycles. The minimum Gasteiger partial charge on any atom is -0.313 e. The van der Waals surface area contributed by atoms with E-state index in [4.69, 9.17) is 6.42 Å². The van der Waals surface area contributed by atoms with E-state index >= 15 is 0 Å². The molecule has 0 amide bonds. The SMILES string of the molecule is C#CCC(Cc1ccc2ccccc2c1)NCC. The first kappa shape index (κ1) is 12.7. The first-order chi connectivity index (χ1) is 8.83. The Labute approximate surface area is 109 Å². The molecule has 0 aliphatic rings. The molecule has 0 aliphatic heterocycles.